The molecule has 0 aliphatic heterocycles. The van der Waals surface area contributed by atoms with Crippen LogP contribution in [0.1, 0.15) is 21.6 Å². The molecular weight excluding hydrogens is 304 g/mol. The molecule has 6 heteroatoms. The van der Waals surface area contributed by atoms with Gasteiger partial charge in [-0.05, 0) is 36.8 Å². The number of amides is 1. The highest BCUT2D eigenvalue weighted by Gasteiger charge is 2.07. The molecule has 0 radical (unpaired) electrons. The van der Waals surface area contributed by atoms with Crippen molar-refractivity contribution in [3.63, 3.8) is 0 Å². The topological polar surface area (TPSA) is 78.7 Å². The van der Waals surface area contributed by atoms with Gasteiger partial charge in [-0.15, -0.1) is 0 Å². The number of nitrogens with zero attached hydrogens (tertiary/aromatic N) is 2. The molecule has 24 heavy (non-hydrogen) atoms. The van der Waals surface area contributed by atoms with Crippen molar-refractivity contribution in [1.29, 1.82) is 0 Å². The molecule has 1 aromatic carbocycles. The summed E-state index contributed by atoms with van der Waals surface area (Å²) < 4.78 is 2.06. The number of hydrogen-bond donors (Lipinski definition) is 3. The largest absolute Gasteiger partial charge is 0.395 e. The molecule has 124 valence electrons. The lowest BCUT2D eigenvalue weighted by Gasteiger charge is -2.09. The number of aliphatic hydroxyl groups is 1. The van der Waals surface area contributed by atoms with E-state index in [0.29, 0.717) is 12.1 Å². The Bertz CT molecular complexity index is 857. The fourth-order valence-electron chi connectivity index (χ4n) is 2.50. The number of pyridine rings is 1. The Morgan fingerprint density at radius 2 is 2.17 bits per heavy atom. The van der Waals surface area contributed by atoms with E-state index in [1.54, 1.807) is 12.1 Å². The summed E-state index contributed by atoms with van der Waals surface area (Å²) in [6, 6.07) is 11.3. The zero-order chi connectivity index (χ0) is 16.9. The number of carbonyl (C=O) groups excluding carboxylic acids is 1. The number of aryl methyl sites for hydroxylation is 1. The Morgan fingerprint density at radius 1 is 1.29 bits per heavy atom. The summed E-state index contributed by atoms with van der Waals surface area (Å²) in [5, 5.41) is 14.7. The molecule has 0 aliphatic rings. The molecule has 2 heterocycles. The fraction of sp³-hybridized carbons (Fsp3) is 0.222. The maximum atomic E-state index is 11.9. The number of fused-ring (bicyclic) bond motifs is 1. The maximum Gasteiger partial charge on any atom is 0.251 e. The number of imidazole rings is 1. The molecule has 0 unspecified atom stereocenters. The maximum absolute atomic E-state index is 11.9. The number of aliphatic hydroxyl groups excluding tert-OH is 1. The highest BCUT2D eigenvalue weighted by atomic mass is 16.3. The Kier molecular flexibility index (Phi) is 4.77. The minimum atomic E-state index is -0.196. The first-order valence-corrected chi connectivity index (χ1v) is 7.83. The van der Waals surface area contributed by atoms with E-state index in [4.69, 9.17) is 5.11 Å². The number of benzene rings is 1. The third kappa shape index (κ3) is 3.55. The van der Waals surface area contributed by atoms with Crippen LogP contribution in [0.4, 0.5) is 5.69 Å². The Labute approximate surface area is 140 Å². The first kappa shape index (κ1) is 16.0. The fourth-order valence-corrected chi connectivity index (χ4v) is 2.50. The molecule has 3 aromatic rings. The molecule has 0 spiro atoms. The van der Waals surface area contributed by atoms with Crippen LogP contribution in [0.25, 0.3) is 5.65 Å². The van der Waals surface area contributed by atoms with E-state index in [1.165, 1.54) is 5.56 Å². The van der Waals surface area contributed by atoms with Crippen LogP contribution in [0.15, 0.2) is 48.8 Å². The summed E-state index contributed by atoms with van der Waals surface area (Å²) in [5.74, 6) is -0.196. The van der Waals surface area contributed by atoms with E-state index in [2.05, 4.69) is 26.2 Å². The second-order valence-corrected chi connectivity index (χ2v) is 5.60. The van der Waals surface area contributed by atoms with Gasteiger partial charge in [-0.1, -0.05) is 12.1 Å². The van der Waals surface area contributed by atoms with Gasteiger partial charge in [-0.2, -0.15) is 0 Å². The molecule has 0 atom stereocenters. The minimum absolute atomic E-state index is 0.0720. The van der Waals surface area contributed by atoms with Crippen molar-refractivity contribution in [3.05, 3.63) is 65.6 Å². The predicted octanol–water partition coefficient (Wildman–Crippen LogP) is 1.98. The summed E-state index contributed by atoms with van der Waals surface area (Å²) in [7, 11) is 0. The van der Waals surface area contributed by atoms with Crippen LogP contribution in [0.5, 0.6) is 0 Å². The average molecular weight is 324 g/mol. The summed E-state index contributed by atoms with van der Waals surface area (Å²) in [4.78, 5) is 16.3. The smallest absolute Gasteiger partial charge is 0.251 e. The summed E-state index contributed by atoms with van der Waals surface area (Å²) in [6.45, 7) is 2.83. The van der Waals surface area contributed by atoms with E-state index < -0.39 is 0 Å². The van der Waals surface area contributed by atoms with Crippen LogP contribution in [0.3, 0.4) is 0 Å². The molecular formula is C18H20N4O2. The van der Waals surface area contributed by atoms with Gasteiger partial charge < -0.3 is 20.1 Å². The average Bonchev–Trinajstić information content (AvgIpc) is 3.00. The Balaban J connectivity index is 1.72. The standard InChI is InChI=1S/C18H20N4O2/c1-13-5-6-17-21-11-16(22(17)12-13)10-20-15-4-2-3-14(9-15)18(24)19-7-8-23/h2-6,9,11-12,20,23H,7-8,10H2,1H3,(H,19,24). The van der Waals surface area contributed by atoms with Crippen molar-refractivity contribution < 1.29 is 9.90 Å². The van der Waals surface area contributed by atoms with Gasteiger partial charge in [-0.25, -0.2) is 4.98 Å². The lowest BCUT2D eigenvalue weighted by atomic mass is 10.2. The molecule has 0 saturated carbocycles. The van der Waals surface area contributed by atoms with Crippen molar-refractivity contribution in [1.82, 2.24) is 14.7 Å². The zero-order valence-corrected chi connectivity index (χ0v) is 13.5. The third-order valence-electron chi connectivity index (χ3n) is 3.73. The van der Waals surface area contributed by atoms with Crippen molar-refractivity contribution in [3.8, 4) is 0 Å². The molecule has 0 aliphatic carbocycles. The highest BCUT2D eigenvalue weighted by Crippen LogP contribution is 2.14. The van der Waals surface area contributed by atoms with E-state index >= 15 is 0 Å². The van der Waals surface area contributed by atoms with Gasteiger partial charge in [-0.3, -0.25) is 4.79 Å². The van der Waals surface area contributed by atoms with Crippen molar-refractivity contribution in [2.24, 2.45) is 0 Å². The molecule has 3 rings (SSSR count). The Hall–Kier alpha value is -2.86. The van der Waals surface area contributed by atoms with Gasteiger partial charge in [0.25, 0.3) is 5.91 Å². The van der Waals surface area contributed by atoms with Crippen molar-refractivity contribution >= 4 is 17.2 Å². The van der Waals surface area contributed by atoms with Crippen LogP contribution >= 0.6 is 0 Å². The number of aromatic nitrogens is 2. The second-order valence-electron chi connectivity index (χ2n) is 5.60. The molecule has 6 nitrogen and oxygen atoms in total. The van der Waals surface area contributed by atoms with Gasteiger partial charge in [0.15, 0.2) is 0 Å². The van der Waals surface area contributed by atoms with Gasteiger partial charge in [0.2, 0.25) is 0 Å². The van der Waals surface area contributed by atoms with Crippen LogP contribution in [-0.4, -0.2) is 33.6 Å². The number of hydrogen-bond acceptors (Lipinski definition) is 4. The van der Waals surface area contributed by atoms with Crippen LogP contribution in [0, 0.1) is 6.92 Å². The van der Waals surface area contributed by atoms with Crippen LogP contribution < -0.4 is 10.6 Å². The lowest BCUT2D eigenvalue weighted by molar-refractivity contribution is 0.0945. The molecule has 0 saturated heterocycles. The first-order chi connectivity index (χ1) is 11.7. The van der Waals surface area contributed by atoms with E-state index in [-0.39, 0.29) is 19.1 Å². The third-order valence-corrected chi connectivity index (χ3v) is 3.73. The normalized spacial score (nSPS) is 10.8. The van der Waals surface area contributed by atoms with Crippen LogP contribution in [-0.2, 0) is 6.54 Å². The second kappa shape index (κ2) is 7.14. The molecule has 2 aromatic heterocycles. The molecule has 0 bridgehead atoms. The molecule has 3 N–H and O–H groups in total. The van der Waals surface area contributed by atoms with E-state index in [9.17, 15) is 4.79 Å². The minimum Gasteiger partial charge on any atom is -0.395 e. The number of anilines is 1. The van der Waals surface area contributed by atoms with Gasteiger partial charge in [0.1, 0.15) is 5.65 Å². The monoisotopic (exact) mass is 324 g/mol. The quantitative estimate of drug-likeness (QED) is 0.648. The number of nitrogens with one attached hydrogen (secondary N) is 2. The predicted molar refractivity (Wildman–Crippen MR) is 93.1 cm³/mol. The first-order valence-electron chi connectivity index (χ1n) is 7.83. The summed E-state index contributed by atoms with van der Waals surface area (Å²) in [5.41, 5.74) is 4.54. The lowest BCUT2D eigenvalue weighted by Crippen LogP contribution is -2.26. The van der Waals surface area contributed by atoms with Gasteiger partial charge in [0.05, 0.1) is 25.0 Å². The molecule has 0 fully saturated rings. The van der Waals surface area contributed by atoms with Crippen molar-refractivity contribution in [2.75, 3.05) is 18.5 Å². The van der Waals surface area contributed by atoms with Gasteiger partial charge in [0, 0.05) is 24.0 Å². The SMILES string of the molecule is Cc1ccc2ncc(CNc3cccc(C(=O)NCCO)c3)n2c1. The van der Waals surface area contributed by atoms with E-state index in [0.717, 1.165) is 17.0 Å². The highest BCUT2D eigenvalue weighted by molar-refractivity contribution is 5.95. The summed E-state index contributed by atoms with van der Waals surface area (Å²) in [6.07, 6.45) is 3.90. The number of carbonyl (C=O) groups is 1. The van der Waals surface area contributed by atoms with Crippen LogP contribution in [0.2, 0.25) is 0 Å². The molecule has 1 amide bonds. The summed E-state index contributed by atoms with van der Waals surface area (Å²) >= 11 is 0. The van der Waals surface area contributed by atoms with Crippen molar-refractivity contribution in [2.45, 2.75) is 13.5 Å². The van der Waals surface area contributed by atoms with Gasteiger partial charge >= 0.3 is 0 Å². The number of rotatable bonds is 6. The zero-order valence-electron chi connectivity index (χ0n) is 13.5. The Morgan fingerprint density at radius 3 is 3.00 bits per heavy atom. The van der Waals surface area contributed by atoms with E-state index in [1.807, 2.05) is 37.4 Å².